The van der Waals surface area contributed by atoms with Crippen molar-refractivity contribution >= 4 is 34.1 Å². The number of para-hydroxylation sites is 2. The number of thiocarbonyl (C=S) groups is 1. The maximum atomic E-state index is 13.3. The van der Waals surface area contributed by atoms with Crippen molar-refractivity contribution in [2.45, 2.75) is 38.4 Å². The number of nitrogens with zero attached hydrogens (tertiary/aromatic N) is 2. The highest BCUT2D eigenvalue weighted by molar-refractivity contribution is 7.80. The molecule has 148 valence electrons. The second kappa shape index (κ2) is 6.59. The molecule has 1 amide bonds. The first-order valence-corrected chi connectivity index (χ1v) is 10.3. The van der Waals surface area contributed by atoms with Gasteiger partial charge in [0.05, 0.1) is 7.11 Å². The number of benzene rings is 2. The Bertz CT molecular complexity index is 1140. The van der Waals surface area contributed by atoms with E-state index in [1.165, 1.54) is 10.9 Å². The minimum absolute atomic E-state index is 0.0222. The third-order valence-electron chi connectivity index (χ3n) is 6.03. The van der Waals surface area contributed by atoms with Crippen LogP contribution in [-0.4, -0.2) is 45.0 Å². The minimum Gasteiger partial charge on any atom is -0.496 e. The Morgan fingerprint density at radius 2 is 1.86 bits per heavy atom. The molecule has 29 heavy (non-hydrogen) atoms. The highest BCUT2D eigenvalue weighted by atomic mass is 32.1. The summed E-state index contributed by atoms with van der Waals surface area (Å²) in [5, 5.41) is 1.76. The standard InChI is InChI=1S/C23H23N3O2S/c1-13(2)25-22(27)18-12-16-14-8-4-6-10-17(14)24-20(16)21(26(18)23(25)29)15-9-5-7-11-19(15)28-3/h4-11,13,18,21,24H,12H2,1-3H3. The predicted octanol–water partition coefficient (Wildman–Crippen LogP) is 4.03. The van der Waals surface area contributed by atoms with Gasteiger partial charge in [-0.3, -0.25) is 9.69 Å². The van der Waals surface area contributed by atoms with Gasteiger partial charge in [0.15, 0.2) is 5.11 Å². The normalized spacial score (nSPS) is 21.1. The fourth-order valence-electron chi connectivity index (χ4n) is 4.79. The Balaban J connectivity index is 1.78. The van der Waals surface area contributed by atoms with Crippen molar-refractivity contribution < 1.29 is 9.53 Å². The van der Waals surface area contributed by atoms with E-state index in [2.05, 4.69) is 28.1 Å². The van der Waals surface area contributed by atoms with Crippen LogP contribution in [0.2, 0.25) is 0 Å². The molecular formula is C23H23N3O2S. The van der Waals surface area contributed by atoms with E-state index in [1.54, 1.807) is 12.0 Å². The van der Waals surface area contributed by atoms with Gasteiger partial charge in [-0.25, -0.2) is 0 Å². The number of H-pyrrole nitrogens is 1. The molecule has 1 aromatic heterocycles. The van der Waals surface area contributed by atoms with Crippen LogP contribution in [0, 0.1) is 0 Å². The molecule has 1 fully saturated rings. The first-order chi connectivity index (χ1) is 14.0. The van der Waals surface area contributed by atoms with Gasteiger partial charge in [0.2, 0.25) is 0 Å². The Labute approximate surface area is 175 Å². The number of nitrogens with one attached hydrogen (secondary N) is 1. The van der Waals surface area contributed by atoms with Crippen LogP contribution in [-0.2, 0) is 11.2 Å². The van der Waals surface area contributed by atoms with Crippen molar-refractivity contribution in [2.24, 2.45) is 0 Å². The lowest BCUT2D eigenvalue weighted by Gasteiger charge is -2.38. The van der Waals surface area contributed by atoms with E-state index in [1.807, 2.05) is 44.2 Å². The molecule has 2 aromatic carbocycles. The molecule has 3 aromatic rings. The Hall–Kier alpha value is -2.86. The fourth-order valence-corrected chi connectivity index (χ4v) is 5.32. The zero-order chi connectivity index (χ0) is 20.3. The van der Waals surface area contributed by atoms with E-state index in [0.29, 0.717) is 11.5 Å². The van der Waals surface area contributed by atoms with Gasteiger partial charge in [0.1, 0.15) is 17.8 Å². The molecule has 0 radical (unpaired) electrons. The Kier molecular flexibility index (Phi) is 4.13. The molecule has 1 saturated heterocycles. The SMILES string of the molecule is COc1ccccc1C1c2[nH]c3ccccc3c2CC2C(=O)N(C(C)C)C(=S)N21. The summed E-state index contributed by atoms with van der Waals surface area (Å²) in [5.41, 5.74) is 4.37. The van der Waals surface area contributed by atoms with Crippen LogP contribution in [0.3, 0.4) is 0 Å². The van der Waals surface area contributed by atoms with Gasteiger partial charge in [-0.1, -0.05) is 36.4 Å². The van der Waals surface area contributed by atoms with E-state index in [0.717, 1.165) is 22.5 Å². The molecule has 2 aliphatic heterocycles. The number of amides is 1. The van der Waals surface area contributed by atoms with Crippen LogP contribution in [0.1, 0.15) is 36.7 Å². The van der Waals surface area contributed by atoms with Crippen molar-refractivity contribution in [1.82, 2.24) is 14.8 Å². The zero-order valence-electron chi connectivity index (χ0n) is 16.7. The smallest absolute Gasteiger partial charge is 0.252 e. The number of carbonyl (C=O) groups excluding carboxylic acids is 1. The number of hydrogen-bond donors (Lipinski definition) is 1. The third-order valence-corrected chi connectivity index (χ3v) is 6.44. The quantitative estimate of drug-likeness (QED) is 0.669. The van der Waals surface area contributed by atoms with E-state index in [4.69, 9.17) is 17.0 Å². The Morgan fingerprint density at radius 3 is 2.62 bits per heavy atom. The van der Waals surface area contributed by atoms with E-state index in [-0.39, 0.29) is 24.0 Å². The molecular weight excluding hydrogens is 382 g/mol. The summed E-state index contributed by atoms with van der Waals surface area (Å²) in [7, 11) is 1.68. The molecule has 5 nitrogen and oxygen atoms in total. The van der Waals surface area contributed by atoms with E-state index >= 15 is 0 Å². The molecule has 2 atom stereocenters. The zero-order valence-corrected chi connectivity index (χ0v) is 17.5. The van der Waals surface area contributed by atoms with Gasteiger partial charge >= 0.3 is 0 Å². The highest BCUT2D eigenvalue weighted by Crippen LogP contribution is 2.46. The first kappa shape index (κ1) is 18.2. The molecule has 2 unspecified atom stereocenters. The molecule has 0 aliphatic carbocycles. The molecule has 1 N–H and O–H groups in total. The topological polar surface area (TPSA) is 48.6 Å². The third kappa shape index (κ3) is 2.52. The van der Waals surface area contributed by atoms with Crippen LogP contribution in [0.5, 0.6) is 5.75 Å². The number of hydrogen-bond acceptors (Lipinski definition) is 3. The predicted molar refractivity (Wildman–Crippen MR) is 117 cm³/mol. The summed E-state index contributed by atoms with van der Waals surface area (Å²) < 4.78 is 5.69. The number of ether oxygens (including phenoxy) is 1. The second-order valence-corrected chi connectivity index (χ2v) is 8.28. The second-order valence-electron chi connectivity index (χ2n) is 7.92. The molecule has 2 aliphatic rings. The number of carbonyl (C=O) groups is 1. The fraction of sp³-hybridized carbons (Fsp3) is 0.304. The Morgan fingerprint density at radius 1 is 1.14 bits per heavy atom. The van der Waals surface area contributed by atoms with Crippen LogP contribution < -0.4 is 4.74 Å². The lowest BCUT2D eigenvalue weighted by molar-refractivity contribution is -0.129. The largest absolute Gasteiger partial charge is 0.496 e. The number of aromatic nitrogens is 1. The van der Waals surface area contributed by atoms with Crippen molar-refractivity contribution in [2.75, 3.05) is 7.11 Å². The van der Waals surface area contributed by atoms with E-state index < -0.39 is 0 Å². The average molecular weight is 406 g/mol. The summed E-state index contributed by atoms with van der Waals surface area (Å²) in [6.45, 7) is 4.02. The molecule has 0 spiro atoms. The summed E-state index contributed by atoms with van der Waals surface area (Å²) in [5.74, 6) is 0.877. The summed E-state index contributed by atoms with van der Waals surface area (Å²) >= 11 is 5.83. The summed E-state index contributed by atoms with van der Waals surface area (Å²) in [4.78, 5) is 20.8. The molecule has 6 heteroatoms. The molecule has 3 heterocycles. The monoisotopic (exact) mass is 405 g/mol. The van der Waals surface area contributed by atoms with Crippen molar-refractivity contribution in [3.05, 3.63) is 65.4 Å². The summed E-state index contributed by atoms with van der Waals surface area (Å²) in [6.07, 6.45) is 0.646. The number of aromatic amines is 1. The van der Waals surface area contributed by atoms with Gasteiger partial charge < -0.3 is 14.6 Å². The number of methoxy groups -OCH3 is 1. The van der Waals surface area contributed by atoms with Crippen molar-refractivity contribution in [3.63, 3.8) is 0 Å². The van der Waals surface area contributed by atoms with Gasteiger partial charge in [0.25, 0.3) is 5.91 Å². The van der Waals surface area contributed by atoms with Crippen molar-refractivity contribution in [1.29, 1.82) is 0 Å². The van der Waals surface area contributed by atoms with Crippen LogP contribution in [0.4, 0.5) is 0 Å². The minimum atomic E-state index is -0.300. The van der Waals surface area contributed by atoms with Crippen molar-refractivity contribution in [3.8, 4) is 5.75 Å². The van der Waals surface area contributed by atoms with E-state index in [9.17, 15) is 4.79 Å². The number of rotatable bonds is 3. The first-order valence-electron chi connectivity index (χ1n) is 9.90. The lowest BCUT2D eigenvalue weighted by Crippen LogP contribution is -2.44. The maximum Gasteiger partial charge on any atom is 0.252 e. The molecule has 5 rings (SSSR count). The lowest BCUT2D eigenvalue weighted by atomic mass is 9.88. The molecule has 0 saturated carbocycles. The van der Waals surface area contributed by atoms with Crippen LogP contribution in [0.15, 0.2) is 48.5 Å². The van der Waals surface area contributed by atoms with Crippen LogP contribution in [0.25, 0.3) is 10.9 Å². The van der Waals surface area contributed by atoms with Crippen LogP contribution >= 0.6 is 12.2 Å². The molecule has 0 bridgehead atoms. The highest BCUT2D eigenvalue weighted by Gasteiger charge is 2.51. The summed E-state index contributed by atoms with van der Waals surface area (Å²) in [6, 6.07) is 15.8. The maximum absolute atomic E-state index is 13.3. The van der Waals surface area contributed by atoms with Gasteiger partial charge in [-0.2, -0.15) is 0 Å². The average Bonchev–Trinajstić information content (AvgIpc) is 3.21. The van der Waals surface area contributed by atoms with Gasteiger partial charge in [0, 0.05) is 34.6 Å². The number of fused-ring (bicyclic) bond motifs is 4. The van der Waals surface area contributed by atoms with Gasteiger partial charge in [-0.05, 0) is 43.8 Å². The van der Waals surface area contributed by atoms with Gasteiger partial charge in [-0.15, -0.1) is 0 Å².